The second-order valence-corrected chi connectivity index (χ2v) is 6.34. The average molecular weight is 347 g/mol. The maximum Gasteiger partial charge on any atom is 0.244 e. The third-order valence-electron chi connectivity index (χ3n) is 3.49. The van der Waals surface area contributed by atoms with Crippen LogP contribution in [-0.4, -0.2) is 39.7 Å². The Labute approximate surface area is 142 Å². The van der Waals surface area contributed by atoms with Crippen molar-refractivity contribution in [2.45, 2.75) is 19.9 Å². The molecule has 1 unspecified atom stereocenters. The number of carbonyl (C=O) groups is 1. The molecular formula is C15H17N5O3S. The second kappa shape index (κ2) is 6.93. The van der Waals surface area contributed by atoms with Gasteiger partial charge in [-0.05, 0) is 32.3 Å². The van der Waals surface area contributed by atoms with Crippen LogP contribution in [0.25, 0.3) is 10.7 Å². The summed E-state index contributed by atoms with van der Waals surface area (Å²) in [5.74, 6) is 1.86. The topological polar surface area (TPSA) is 97.3 Å². The van der Waals surface area contributed by atoms with Crippen LogP contribution in [-0.2, 0) is 4.79 Å². The number of hydrogen-bond acceptors (Lipinski definition) is 8. The third-order valence-corrected chi connectivity index (χ3v) is 4.36. The van der Waals surface area contributed by atoms with Crippen molar-refractivity contribution in [3.63, 3.8) is 0 Å². The molecule has 9 heteroatoms. The van der Waals surface area contributed by atoms with Crippen LogP contribution in [0.1, 0.15) is 24.6 Å². The van der Waals surface area contributed by atoms with E-state index < -0.39 is 0 Å². The van der Waals surface area contributed by atoms with Gasteiger partial charge in [-0.2, -0.15) is 4.98 Å². The molecular weight excluding hydrogens is 330 g/mol. The molecule has 0 radical (unpaired) electrons. The van der Waals surface area contributed by atoms with E-state index in [1.165, 1.54) is 0 Å². The molecule has 3 heterocycles. The molecule has 0 saturated heterocycles. The summed E-state index contributed by atoms with van der Waals surface area (Å²) >= 11 is 1.54. The normalized spacial score (nSPS) is 12.5. The lowest BCUT2D eigenvalue weighted by Gasteiger charge is -2.20. The van der Waals surface area contributed by atoms with Crippen LogP contribution in [0.3, 0.4) is 0 Å². The first-order valence-corrected chi connectivity index (χ1v) is 8.22. The lowest BCUT2D eigenvalue weighted by Crippen LogP contribution is -2.32. The highest BCUT2D eigenvalue weighted by Crippen LogP contribution is 2.24. The predicted octanol–water partition coefficient (Wildman–Crippen LogP) is 2.73. The van der Waals surface area contributed by atoms with Gasteiger partial charge in [-0.3, -0.25) is 9.69 Å². The van der Waals surface area contributed by atoms with Gasteiger partial charge in [0.15, 0.2) is 5.82 Å². The van der Waals surface area contributed by atoms with E-state index in [2.05, 4.69) is 20.6 Å². The van der Waals surface area contributed by atoms with Gasteiger partial charge >= 0.3 is 0 Å². The van der Waals surface area contributed by atoms with Crippen LogP contribution in [0.2, 0.25) is 0 Å². The second-order valence-electron chi connectivity index (χ2n) is 5.40. The molecule has 24 heavy (non-hydrogen) atoms. The van der Waals surface area contributed by atoms with Gasteiger partial charge in [0, 0.05) is 6.07 Å². The number of nitrogens with one attached hydrogen (secondary N) is 1. The van der Waals surface area contributed by atoms with Crippen LogP contribution in [0.15, 0.2) is 32.6 Å². The van der Waals surface area contributed by atoms with E-state index >= 15 is 0 Å². The summed E-state index contributed by atoms with van der Waals surface area (Å²) in [6.45, 7) is 3.82. The first kappa shape index (κ1) is 16.3. The van der Waals surface area contributed by atoms with E-state index in [0.29, 0.717) is 23.3 Å². The van der Waals surface area contributed by atoms with Crippen molar-refractivity contribution in [1.82, 2.24) is 20.2 Å². The zero-order valence-electron chi connectivity index (χ0n) is 13.5. The molecule has 0 fully saturated rings. The molecule has 3 aromatic heterocycles. The summed E-state index contributed by atoms with van der Waals surface area (Å²) in [5, 5.41) is 12.4. The number of anilines is 1. The maximum atomic E-state index is 12.1. The molecule has 0 aliphatic rings. The number of thiophene rings is 1. The Kier molecular flexibility index (Phi) is 4.72. The smallest absolute Gasteiger partial charge is 0.244 e. The fourth-order valence-corrected chi connectivity index (χ4v) is 2.72. The lowest BCUT2D eigenvalue weighted by atomic mass is 10.3. The number of amides is 1. The van der Waals surface area contributed by atoms with Crippen LogP contribution >= 0.6 is 11.3 Å². The minimum absolute atomic E-state index is 0.157. The summed E-state index contributed by atoms with van der Waals surface area (Å²) in [4.78, 5) is 19.2. The molecule has 8 nitrogen and oxygen atoms in total. The first-order chi connectivity index (χ1) is 11.5. The molecule has 0 aromatic carbocycles. The third kappa shape index (κ3) is 3.69. The number of aryl methyl sites for hydroxylation is 1. The molecule has 0 saturated carbocycles. The van der Waals surface area contributed by atoms with Gasteiger partial charge in [0.05, 0.1) is 17.5 Å². The Balaban J connectivity index is 1.60. The fourth-order valence-electron chi connectivity index (χ4n) is 2.07. The zero-order chi connectivity index (χ0) is 17.1. The fraction of sp³-hybridized carbons (Fsp3) is 0.333. The SMILES string of the molecule is Cc1cc(NC(=O)CN(C)C(C)c2nc(-c3cccs3)no2)no1. The molecule has 0 bridgehead atoms. The van der Waals surface area contributed by atoms with Gasteiger partial charge in [0.2, 0.25) is 17.6 Å². The molecule has 1 N–H and O–H groups in total. The molecule has 1 amide bonds. The molecule has 0 aliphatic heterocycles. The maximum absolute atomic E-state index is 12.1. The quantitative estimate of drug-likeness (QED) is 0.732. The zero-order valence-corrected chi connectivity index (χ0v) is 14.3. The monoisotopic (exact) mass is 347 g/mol. The van der Waals surface area contributed by atoms with E-state index in [1.54, 1.807) is 24.3 Å². The van der Waals surface area contributed by atoms with Crippen LogP contribution in [0, 0.1) is 6.92 Å². The molecule has 0 aliphatic carbocycles. The van der Waals surface area contributed by atoms with Gasteiger partial charge in [0.1, 0.15) is 5.76 Å². The Hall–Kier alpha value is -2.52. The van der Waals surface area contributed by atoms with Gasteiger partial charge in [-0.15, -0.1) is 11.3 Å². The highest BCUT2D eigenvalue weighted by Gasteiger charge is 2.21. The largest absolute Gasteiger partial charge is 0.360 e. The van der Waals surface area contributed by atoms with Crippen molar-refractivity contribution >= 4 is 23.1 Å². The van der Waals surface area contributed by atoms with Crippen molar-refractivity contribution in [2.24, 2.45) is 0 Å². The Morgan fingerprint density at radius 3 is 2.92 bits per heavy atom. The number of carbonyl (C=O) groups excluding carboxylic acids is 1. The van der Waals surface area contributed by atoms with Crippen molar-refractivity contribution in [3.05, 3.63) is 35.2 Å². The molecule has 3 rings (SSSR count). The van der Waals surface area contributed by atoms with E-state index in [4.69, 9.17) is 9.05 Å². The van der Waals surface area contributed by atoms with Gasteiger partial charge < -0.3 is 14.4 Å². The van der Waals surface area contributed by atoms with Crippen LogP contribution < -0.4 is 5.32 Å². The first-order valence-electron chi connectivity index (χ1n) is 7.34. The number of rotatable bonds is 6. The summed E-state index contributed by atoms with van der Waals surface area (Å²) in [5.41, 5.74) is 0. The lowest BCUT2D eigenvalue weighted by molar-refractivity contribution is -0.117. The Morgan fingerprint density at radius 1 is 1.42 bits per heavy atom. The number of likely N-dealkylation sites (N-methyl/N-ethyl adjacent to an activating group) is 1. The van der Waals surface area contributed by atoms with Crippen LogP contribution in [0.4, 0.5) is 5.82 Å². The summed E-state index contributed by atoms with van der Waals surface area (Å²) in [6.07, 6.45) is 0. The number of nitrogens with zero attached hydrogens (tertiary/aromatic N) is 4. The van der Waals surface area contributed by atoms with E-state index in [0.717, 1.165) is 4.88 Å². The summed E-state index contributed by atoms with van der Waals surface area (Å²) in [7, 11) is 1.81. The molecule has 0 spiro atoms. The van der Waals surface area contributed by atoms with Crippen molar-refractivity contribution in [3.8, 4) is 10.7 Å². The highest BCUT2D eigenvalue weighted by molar-refractivity contribution is 7.13. The Morgan fingerprint density at radius 2 is 2.25 bits per heavy atom. The summed E-state index contributed by atoms with van der Waals surface area (Å²) < 4.78 is 10.2. The van der Waals surface area contributed by atoms with Crippen molar-refractivity contribution in [1.29, 1.82) is 0 Å². The minimum atomic E-state index is -0.198. The van der Waals surface area contributed by atoms with Crippen molar-refractivity contribution < 1.29 is 13.8 Å². The van der Waals surface area contributed by atoms with E-state index in [9.17, 15) is 4.79 Å². The average Bonchev–Trinajstić information content (AvgIpc) is 3.27. The van der Waals surface area contributed by atoms with E-state index in [1.807, 2.05) is 36.4 Å². The molecule has 3 aromatic rings. The van der Waals surface area contributed by atoms with Gasteiger partial charge in [-0.25, -0.2) is 0 Å². The van der Waals surface area contributed by atoms with Gasteiger partial charge in [-0.1, -0.05) is 16.4 Å². The number of aromatic nitrogens is 3. The summed E-state index contributed by atoms with van der Waals surface area (Å²) in [6, 6.07) is 5.32. The molecule has 1 atom stereocenters. The number of hydrogen-bond donors (Lipinski definition) is 1. The Bertz CT molecular complexity index is 811. The molecule has 126 valence electrons. The van der Waals surface area contributed by atoms with Crippen LogP contribution in [0.5, 0.6) is 0 Å². The van der Waals surface area contributed by atoms with Crippen molar-refractivity contribution in [2.75, 3.05) is 18.9 Å². The standard InChI is InChI=1S/C15H17N5O3S/c1-9-7-12(18-22-9)16-13(21)8-20(3)10(2)15-17-14(19-23-15)11-5-4-6-24-11/h4-7,10H,8H2,1-3H3,(H,16,18,21). The minimum Gasteiger partial charge on any atom is -0.360 e. The van der Waals surface area contributed by atoms with Gasteiger partial charge in [0.25, 0.3) is 0 Å². The predicted molar refractivity (Wildman–Crippen MR) is 88.5 cm³/mol. The highest BCUT2D eigenvalue weighted by atomic mass is 32.1. The van der Waals surface area contributed by atoms with E-state index in [-0.39, 0.29) is 18.5 Å².